The Kier molecular flexibility index (Phi) is 7.54. The van der Waals surface area contributed by atoms with Crippen LogP contribution >= 0.6 is 0 Å². The number of aryl methyl sites for hydroxylation is 2. The Balaban J connectivity index is 1.82. The summed E-state index contributed by atoms with van der Waals surface area (Å²) < 4.78 is 5.15. The van der Waals surface area contributed by atoms with E-state index in [1.165, 1.54) is 87.6 Å². The average molecular weight is 652 g/mol. The van der Waals surface area contributed by atoms with Gasteiger partial charge < -0.3 is 4.40 Å². The Morgan fingerprint density at radius 1 is 0.551 bits per heavy atom. The van der Waals surface area contributed by atoms with Crippen molar-refractivity contribution in [2.45, 2.75) is 116 Å². The topological polar surface area (TPSA) is 8.29 Å². The molecule has 0 saturated heterocycles. The lowest BCUT2D eigenvalue weighted by Gasteiger charge is -2.25. The van der Waals surface area contributed by atoms with Crippen molar-refractivity contribution in [2.24, 2.45) is 28.7 Å². The van der Waals surface area contributed by atoms with Gasteiger partial charge in [0, 0.05) is 16.8 Å². The van der Waals surface area contributed by atoms with Gasteiger partial charge in [-0.1, -0.05) is 113 Å². The first-order valence-electron chi connectivity index (χ1n) is 18.6. The van der Waals surface area contributed by atoms with Gasteiger partial charge in [-0.15, -0.1) is 0 Å². The van der Waals surface area contributed by atoms with Crippen LogP contribution in [0.25, 0.3) is 59.8 Å². The first kappa shape index (κ1) is 33.8. The number of nitrogens with zero attached hydrogens (tertiary/aromatic N) is 2. The number of hydrogen-bond acceptors (Lipinski definition) is 0. The molecule has 256 valence electrons. The highest BCUT2D eigenvalue weighted by molar-refractivity contribution is 6.30. The molecule has 0 radical (unpaired) electrons. The summed E-state index contributed by atoms with van der Waals surface area (Å²) in [6.45, 7) is 30.9. The molecular formula is C47H59N2+. The Morgan fingerprint density at radius 2 is 1.18 bits per heavy atom. The number of rotatable bonds is 4. The Hall–Kier alpha value is -3.65. The molecule has 0 aliphatic heterocycles. The molecule has 0 amide bonds. The van der Waals surface area contributed by atoms with Gasteiger partial charge in [-0.25, -0.2) is 4.57 Å². The third-order valence-electron chi connectivity index (χ3n) is 10.4. The van der Waals surface area contributed by atoms with Crippen LogP contribution in [0, 0.1) is 28.6 Å². The quantitative estimate of drug-likeness (QED) is 0.102. The van der Waals surface area contributed by atoms with Crippen LogP contribution in [0.2, 0.25) is 0 Å². The molecule has 0 saturated carbocycles. The van der Waals surface area contributed by atoms with Crippen molar-refractivity contribution < 1.29 is 4.57 Å². The molecule has 2 heteroatoms. The summed E-state index contributed by atoms with van der Waals surface area (Å²) in [6.07, 6.45) is 6.47. The Bertz CT molecular complexity index is 2420. The van der Waals surface area contributed by atoms with Crippen LogP contribution in [0.15, 0.2) is 54.7 Å². The lowest BCUT2D eigenvalue weighted by molar-refractivity contribution is -0.643. The van der Waals surface area contributed by atoms with Gasteiger partial charge in [0.05, 0.1) is 27.3 Å². The van der Waals surface area contributed by atoms with E-state index in [4.69, 9.17) is 0 Å². The third kappa shape index (κ3) is 5.88. The van der Waals surface area contributed by atoms with Crippen LogP contribution in [0.4, 0.5) is 0 Å². The summed E-state index contributed by atoms with van der Waals surface area (Å²) in [7, 11) is 2.27. The minimum absolute atomic E-state index is 0.116. The highest BCUT2D eigenvalue weighted by Gasteiger charge is 2.31. The second-order valence-electron chi connectivity index (χ2n) is 20.3. The molecule has 0 N–H and O–H groups in total. The predicted molar refractivity (Wildman–Crippen MR) is 215 cm³/mol. The zero-order valence-electron chi connectivity index (χ0n) is 32.9. The van der Waals surface area contributed by atoms with Gasteiger partial charge in [-0.2, -0.15) is 0 Å². The second-order valence-corrected chi connectivity index (χ2v) is 20.3. The summed E-state index contributed by atoms with van der Waals surface area (Å²) in [4.78, 5) is 0. The Labute approximate surface area is 294 Å². The minimum atomic E-state index is 0.116. The summed E-state index contributed by atoms with van der Waals surface area (Å²) in [5.41, 5.74) is 13.4. The van der Waals surface area contributed by atoms with Crippen molar-refractivity contribution >= 4 is 59.8 Å². The lowest BCUT2D eigenvalue weighted by Crippen LogP contribution is -2.29. The predicted octanol–water partition coefficient (Wildman–Crippen LogP) is 12.6. The van der Waals surface area contributed by atoms with Gasteiger partial charge in [0.25, 0.3) is 0 Å². The minimum Gasteiger partial charge on any atom is -0.307 e. The average Bonchev–Trinajstić information content (AvgIpc) is 3.27. The normalized spacial score (nSPS) is 13.8. The Morgan fingerprint density at radius 3 is 1.82 bits per heavy atom. The molecule has 0 aliphatic rings. The highest BCUT2D eigenvalue weighted by Crippen LogP contribution is 2.48. The molecule has 3 heterocycles. The summed E-state index contributed by atoms with van der Waals surface area (Å²) in [5, 5.41) is 9.91. The van der Waals surface area contributed by atoms with E-state index in [2.05, 4.69) is 161 Å². The van der Waals surface area contributed by atoms with Crippen LogP contribution in [0.5, 0.6) is 0 Å². The fourth-order valence-electron chi connectivity index (χ4n) is 8.93. The van der Waals surface area contributed by atoms with Crippen molar-refractivity contribution in [2.75, 3.05) is 0 Å². The third-order valence-corrected chi connectivity index (χ3v) is 10.4. The van der Waals surface area contributed by atoms with E-state index in [1.807, 2.05) is 0 Å². The van der Waals surface area contributed by atoms with E-state index in [9.17, 15) is 0 Å². The SMILES string of the molecule is Cc1c2cc(CC(C)(C)C)ccc2c(CC(C)(C)C)c2c1c1c3c(cc[n+]1C)c(CC(C)(C)C)cc1c4c(CC(C)(C)C)cccc4n2c13. The van der Waals surface area contributed by atoms with E-state index >= 15 is 0 Å². The van der Waals surface area contributed by atoms with Gasteiger partial charge in [0.15, 0.2) is 6.20 Å². The molecule has 0 aliphatic carbocycles. The summed E-state index contributed by atoms with van der Waals surface area (Å²) in [6, 6.07) is 19.5. The number of hydrogen-bond donors (Lipinski definition) is 0. The van der Waals surface area contributed by atoms with Crippen LogP contribution in [0.1, 0.15) is 111 Å². The number of aromatic nitrogens is 2. The molecule has 0 unspecified atom stereocenters. The number of benzene rings is 4. The van der Waals surface area contributed by atoms with Crippen molar-refractivity contribution in [3.63, 3.8) is 0 Å². The standard InChI is InChI=1S/C47H59N2/c1-28-34-22-29(24-44(2,3)4)18-19-33(34)36(27-47(11,12)13)42-38(28)43-40-32(20-21-48(43)14)31(26-46(8,9)10)23-35-39-30(25-45(5,6)7)16-15-17-37(39)49(42)41(35)40/h15-23H,24-27H2,1-14H3/q+1. The first-order chi connectivity index (χ1) is 22.6. The first-order valence-corrected chi connectivity index (χ1v) is 18.6. The number of fused-ring (bicyclic) bond motifs is 7. The molecule has 0 bridgehead atoms. The lowest BCUT2D eigenvalue weighted by atomic mass is 9.81. The molecule has 0 fully saturated rings. The maximum absolute atomic E-state index is 2.72. The zero-order valence-corrected chi connectivity index (χ0v) is 32.9. The van der Waals surface area contributed by atoms with Gasteiger partial charge in [-0.3, -0.25) is 0 Å². The smallest absolute Gasteiger partial charge is 0.224 e. The molecule has 3 aromatic heterocycles. The van der Waals surface area contributed by atoms with Crippen LogP contribution in [-0.2, 0) is 32.7 Å². The zero-order chi connectivity index (χ0) is 35.6. The van der Waals surface area contributed by atoms with Crippen LogP contribution in [0.3, 0.4) is 0 Å². The largest absolute Gasteiger partial charge is 0.307 e. The summed E-state index contributed by atoms with van der Waals surface area (Å²) >= 11 is 0. The van der Waals surface area contributed by atoms with Crippen molar-refractivity contribution in [1.82, 2.24) is 4.40 Å². The van der Waals surface area contributed by atoms with E-state index in [-0.39, 0.29) is 21.7 Å². The second kappa shape index (κ2) is 10.9. The molecule has 7 rings (SSSR count). The van der Waals surface area contributed by atoms with E-state index in [1.54, 1.807) is 0 Å². The van der Waals surface area contributed by atoms with Gasteiger partial charge in [0.1, 0.15) is 7.05 Å². The molecular weight excluding hydrogens is 593 g/mol. The summed E-state index contributed by atoms with van der Waals surface area (Å²) in [5.74, 6) is 0. The number of pyridine rings is 2. The fraction of sp³-hybridized carbons (Fsp3) is 0.468. The van der Waals surface area contributed by atoms with E-state index < -0.39 is 0 Å². The van der Waals surface area contributed by atoms with Gasteiger partial charge >= 0.3 is 0 Å². The molecule has 2 nitrogen and oxygen atoms in total. The van der Waals surface area contributed by atoms with E-state index in [0.29, 0.717) is 0 Å². The van der Waals surface area contributed by atoms with Gasteiger partial charge in [-0.05, 0) is 110 Å². The molecule has 0 spiro atoms. The molecule has 4 aromatic carbocycles. The van der Waals surface area contributed by atoms with Gasteiger partial charge in [0.2, 0.25) is 5.52 Å². The molecule has 0 atom stereocenters. The van der Waals surface area contributed by atoms with Crippen molar-refractivity contribution in [3.8, 4) is 0 Å². The maximum Gasteiger partial charge on any atom is 0.224 e. The van der Waals surface area contributed by atoms with Crippen molar-refractivity contribution in [3.05, 3.63) is 82.5 Å². The fourth-order valence-corrected chi connectivity index (χ4v) is 8.93. The highest BCUT2D eigenvalue weighted by atomic mass is 15.0. The molecule has 49 heavy (non-hydrogen) atoms. The van der Waals surface area contributed by atoms with Crippen molar-refractivity contribution in [1.29, 1.82) is 0 Å². The van der Waals surface area contributed by atoms with Crippen LogP contribution in [-0.4, -0.2) is 4.40 Å². The monoisotopic (exact) mass is 651 g/mol. The maximum atomic E-state index is 2.72. The van der Waals surface area contributed by atoms with E-state index in [0.717, 1.165) is 25.7 Å². The molecule has 7 aromatic rings. The van der Waals surface area contributed by atoms with Crippen LogP contribution < -0.4 is 4.57 Å².